The van der Waals surface area contributed by atoms with E-state index < -0.39 is 0 Å². The van der Waals surface area contributed by atoms with Crippen LogP contribution >= 0.6 is 0 Å². The molecule has 0 radical (unpaired) electrons. The second-order valence-corrected chi connectivity index (χ2v) is 3.07. The number of nitrogens with one attached hydrogen (secondary N) is 1. The Balaban J connectivity index is 2.02. The van der Waals surface area contributed by atoms with Gasteiger partial charge in [-0.2, -0.15) is 0 Å². The van der Waals surface area contributed by atoms with Gasteiger partial charge in [-0.25, -0.2) is 0 Å². The SMILES string of the molecule is C1=CC(N2CCCC2)=CNC1. The third-order valence-corrected chi connectivity index (χ3v) is 2.25. The van der Waals surface area contributed by atoms with E-state index in [4.69, 9.17) is 0 Å². The molecular formula is C9H14N2. The molecule has 2 aliphatic heterocycles. The molecule has 0 aliphatic carbocycles. The third-order valence-electron chi connectivity index (χ3n) is 2.25. The number of hydrogen-bond donors (Lipinski definition) is 1. The molecule has 0 saturated carbocycles. The molecule has 1 saturated heterocycles. The van der Waals surface area contributed by atoms with Crippen molar-refractivity contribution >= 4 is 0 Å². The quantitative estimate of drug-likeness (QED) is 0.601. The lowest BCUT2D eigenvalue weighted by Gasteiger charge is -2.20. The van der Waals surface area contributed by atoms with Crippen LogP contribution in [0.2, 0.25) is 0 Å². The molecule has 2 heterocycles. The Morgan fingerprint density at radius 2 is 2.09 bits per heavy atom. The molecule has 0 aromatic rings. The van der Waals surface area contributed by atoms with Crippen LogP contribution < -0.4 is 5.32 Å². The Morgan fingerprint density at radius 3 is 2.73 bits per heavy atom. The first-order valence-electron chi connectivity index (χ1n) is 4.32. The molecule has 2 rings (SSSR count). The van der Waals surface area contributed by atoms with Crippen molar-refractivity contribution in [2.75, 3.05) is 19.6 Å². The van der Waals surface area contributed by atoms with Crippen molar-refractivity contribution in [1.29, 1.82) is 0 Å². The Labute approximate surface area is 67.6 Å². The summed E-state index contributed by atoms with van der Waals surface area (Å²) < 4.78 is 0. The maximum absolute atomic E-state index is 3.22. The summed E-state index contributed by atoms with van der Waals surface area (Å²) >= 11 is 0. The van der Waals surface area contributed by atoms with E-state index in [1.54, 1.807) is 0 Å². The predicted molar refractivity (Wildman–Crippen MR) is 46.0 cm³/mol. The number of hydrogen-bond acceptors (Lipinski definition) is 2. The van der Waals surface area contributed by atoms with Gasteiger partial charge in [-0.1, -0.05) is 6.08 Å². The molecule has 1 fully saturated rings. The molecule has 0 atom stereocenters. The van der Waals surface area contributed by atoms with Crippen LogP contribution in [-0.2, 0) is 0 Å². The Hall–Kier alpha value is -0.920. The summed E-state index contributed by atoms with van der Waals surface area (Å²) in [4.78, 5) is 2.43. The number of likely N-dealkylation sites (tertiary alicyclic amines) is 1. The molecule has 0 amide bonds. The monoisotopic (exact) mass is 150 g/mol. The number of dihydropyridines is 1. The summed E-state index contributed by atoms with van der Waals surface area (Å²) in [6, 6.07) is 0. The highest BCUT2D eigenvalue weighted by atomic mass is 15.2. The van der Waals surface area contributed by atoms with Crippen molar-refractivity contribution in [2.45, 2.75) is 12.8 Å². The van der Waals surface area contributed by atoms with E-state index >= 15 is 0 Å². The molecule has 11 heavy (non-hydrogen) atoms. The van der Waals surface area contributed by atoms with Gasteiger partial charge in [0.15, 0.2) is 0 Å². The summed E-state index contributed by atoms with van der Waals surface area (Å²) in [5, 5.41) is 3.22. The minimum atomic E-state index is 0.983. The van der Waals surface area contributed by atoms with Crippen molar-refractivity contribution < 1.29 is 0 Å². The highest BCUT2D eigenvalue weighted by Gasteiger charge is 2.13. The standard InChI is InChI=1S/C9H14N2/c1-2-7-11(6-1)9-4-3-5-10-8-9/h3-4,8,10H,1-2,5-7H2. The molecule has 1 N–H and O–H groups in total. The first-order valence-corrected chi connectivity index (χ1v) is 4.32. The summed E-state index contributed by atoms with van der Waals surface area (Å²) in [7, 11) is 0. The topological polar surface area (TPSA) is 15.3 Å². The van der Waals surface area contributed by atoms with Gasteiger partial charge in [0.05, 0.1) is 5.70 Å². The van der Waals surface area contributed by atoms with E-state index in [-0.39, 0.29) is 0 Å². The Kier molecular flexibility index (Phi) is 1.84. The van der Waals surface area contributed by atoms with Gasteiger partial charge in [0.1, 0.15) is 0 Å². The van der Waals surface area contributed by atoms with Crippen LogP contribution in [0.1, 0.15) is 12.8 Å². The van der Waals surface area contributed by atoms with E-state index in [1.807, 2.05) is 0 Å². The first-order chi connectivity index (χ1) is 5.47. The zero-order valence-corrected chi connectivity index (χ0v) is 6.71. The van der Waals surface area contributed by atoms with Gasteiger partial charge in [-0.15, -0.1) is 0 Å². The van der Waals surface area contributed by atoms with E-state index in [0.717, 1.165) is 6.54 Å². The molecule has 0 aromatic carbocycles. The van der Waals surface area contributed by atoms with Crippen LogP contribution in [-0.4, -0.2) is 24.5 Å². The minimum Gasteiger partial charge on any atom is -0.386 e. The van der Waals surface area contributed by atoms with Gasteiger partial charge in [-0.05, 0) is 18.9 Å². The molecule has 0 unspecified atom stereocenters. The lowest BCUT2D eigenvalue weighted by molar-refractivity contribution is 0.435. The molecule has 2 heteroatoms. The maximum atomic E-state index is 3.22. The van der Waals surface area contributed by atoms with E-state index in [9.17, 15) is 0 Å². The molecule has 0 spiro atoms. The van der Waals surface area contributed by atoms with Gasteiger partial charge < -0.3 is 10.2 Å². The summed E-state index contributed by atoms with van der Waals surface area (Å²) in [6.45, 7) is 3.45. The van der Waals surface area contributed by atoms with Crippen LogP contribution in [0.4, 0.5) is 0 Å². The molecule has 60 valence electrons. The lowest BCUT2D eigenvalue weighted by atomic mass is 10.3. The summed E-state index contributed by atoms with van der Waals surface area (Å²) in [5.74, 6) is 0. The second kappa shape index (κ2) is 2.99. The van der Waals surface area contributed by atoms with Gasteiger partial charge in [-0.3, -0.25) is 0 Å². The zero-order valence-electron chi connectivity index (χ0n) is 6.71. The number of allylic oxidation sites excluding steroid dienone is 1. The predicted octanol–water partition coefficient (Wildman–Crippen LogP) is 1.08. The fourth-order valence-electron chi connectivity index (χ4n) is 1.63. The normalized spacial score (nSPS) is 23.3. The van der Waals surface area contributed by atoms with E-state index in [1.165, 1.54) is 31.6 Å². The van der Waals surface area contributed by atoms with Gasteiger partial charge in [0.25, 0.3) is 0 Å². The van der Waals surface area contributed by atoms with Crippen molar-refractivity contribution in [3.63, 3.8) is 0 Å². The molecule has 0 aromatic heterocycles. The Morgan fingerprint density at radius 1 is 1.27 bits per heavy atom. The van der Waals surface area contributed by atoms with Crippen LogP contribution in [0.3, 0.4) is 0 Å². The van der Waals surface area contributed by atoms with Crippen LogP contribution in [0.15, 0.2) is 24.0 Å². The first kappa shape index (κ1) is 6.77. The average molecular weight is 150 g/mol. The molecular weight excluding hydrogens is 136 g/mol. The highest BCUT2D eigenvalue weighted by Crippen LogP contribution is 2.15. The van der Waals surface area contributed by atoms with E-state index in [2.05, 4.69) is 28.6 Å². The lowest BCUT2D eigenvalue weighted by Crippen LogP contribution is -2.22. The molecule has 2 aliphatic rings. The maximum Gasteiger partial charge on any atom is 0.0523 e. The average Bonchev–Trinajstić information content (AvgIpc) is 2.58. The highest BCUT2D eigenvalue weighted by molar-refractivity contribution is 5.21. The minimum absolute atomic E-state index is 0.983. The molecule has 2 nitrogen and oxygen atoms in total. The van der Waals surface area contributed by atoms with Crippen LogP contribution in [0.5, 0.6) is 0 Å². The zero-order chi connectivity index (χ0) is 7.52. The summed E-state index contributed by atoms with van der Waals surface area (Å²) in [5.41, 5.74) is 1.36. The fraction of sp³-hybridized carbons (Fsp3) is 0.556. The fourth-order valence-corrected chi connectivity index (χ4v) is 1.63. The summed E-state index contributed by atoms with van der Waals surface area (Å²) in [6.07, 6.45) is 9.21. The smallest absolute Gasteiger partial charge is 0.0523 e. The van der Waals surface area contributed by atoms with E-state index in [0.29, 0.717) is 0 Å². The van der Waals surface area contributed by atoms with Gasteiger partial charge in [0.2, 0.25) is 0 Å². The van der Waals surface area contributed by atoms with Crippen LogP contribution in [0.25, 0.3) is 0 Å². The second-order valence-electron chi connectivity index (χ2n) is 3.07. The van der Waals surface area contributed by atoms with Crippen molar-refractivity contribution in [3.05, 3.63) is 24.0 Å². The van der Waals surface area contributed by atoms with Crippen LogP contribution in [0, 0.1) is 0 Å². The van der Waals surface area contributed by atoms with Crippen molar-refractivity contribution in [2.24, 2.45) is 0 Å². The van der Waals surface area contributed by atoms with Crippen molar-refractivity contribution in [3.8, 4) is 0 Å². The number of nitrogens with zero attached hydrogens (tertiary/aromatic N) is 1. The largest absolute Gasteiger partial charge is 0.386 e. The molecule has 0 bridgehead atoms. The van der Waals surface area contributed by atoms with Gasteiger partial charge in [0, 0.05) is 25.8 Å². The van der Waals surface area contributed by atoms with Gasteiger partial charge >= 0.3 is 0 Å². The number of rotatable bonds is 1. The van der Waals surface area contributed by atoms with Crippen molar-refractivity contribution in [1.82, 2.24) is 10.2 Å². The Bertz CT molecular complexity index is 188. The third kappa shape index (κ3) is 1.39.